The molecular weight excluding hydrogens is 268 g/mol. The summed E-state index contributed by atoms with van der Waals surface area (Å²) in [6.45, 7) is 2.68. The van der Waals surface area contributed by atoms with E-state index in [0.29, 0.717) is 12.4 Å². The summed E-state index contributed by atoms with van der Waals surface area (Å²) in [6.07, 6.45) is 2.21. The van der Waals surface area contributed by atoms with Crippen molar-refractivity contribution in [2.75, 3.05) is 11.9 Å². The maximum absolute atomic E-state index is 12.2. The fraction of sp³-hybridized carbons (Fsp3) is 0.400. The quantitative estimate of drug-likeness (QED) is 0.935. The lowest BCUT2D eigenvalue weighted by Crippen LogP contribution is -2.31. The third-order valence-corrected chi connectivity index (χ3v) is 3.63. The van der Waals surface area contributed by atoms with Gasteiger partial charge in [-0.2, -0.15) is 5.10 Å². The van der Waals surface area contributed by atoms with E-state index >= 15 is 0 Å². The van der Waals surface area contributed by atoms with Gasteiger partial charge in [0.05, 0.1) is 0 Å². The van der Waals surface area contributed by atoms with Crippen LogP contribution in [-0.2, 0) is 16.6 Å². The first-order chi connectivity index (χ1) is 10.1. The van der Waals surface area contributed by atoms with Crippen molar-refractivity contribution in [1.82, 2.24) is 14.8 Å². The number of ether oxygens (including phenoxy) is 1. The van der Waals surface area contributed by atoms with Gasteiger partial charge < -0.3 is 10.1 Å². The maximum atomic E-state index is 12.2. The number of hydrogen-bond acceptors (Lipinski definition) is 4. The standard InChI is InChI=1S/C15H18N4O2/c1-10-6-7-21-13(10)15(20)17-12-5-3-4-11(8-12)14-16-9-19(2)18-14/h3-5,8-10,13H,6-7H2,1-2H3,(H,17,20)/t10-,13+/m0/s1. The number of amides is 1. The second-order valence-corrected chi connectivity index (χ2v) is 5.37. The van der Waals surface area contributed by atoms with Gasteiger partial charge in [0.1, 0.15) is 12.4 Å². The maximum Gasteiger partial charge on any atom is 0.253 e. The first-order valence-electron chi connectivity index (χ1n) is 7.02. The molecule has 1 amide bonds. The van der Waals surface area contributed by atoms with Crippen LogP contribution in [0.1, 0.15) is 13.3 Å². The minimum absolute atomic E-state index is 0.0915. The highest BCUT2D eigenvalue weighted by Crippen LogP contribution is 2.23. The van der Waals surface area contributed by atoms with Crippen molar-refractivity contribution in [3.05, 3.63) is 30.6 Å². The summed E-state index contributed by atoms with van der Waals surface area (Å²) >= 11 is 0. The Morgan fingerprint density at radius 1 is 1.48 bits per heavy atom. The summed E-state index contributed by atoms with van der Waals surface area (Å²) < 4.78 is 7.12. The summed E-state index contributed by atoms with van der Waals surface area (Å²) in [5, 5.41) is 7.16. The normalized spacial score (nSPS) is 21.4. The summed E-state index contributed by atoms with van der Waals surface area (Å²) in [6, 6.07) is 7.51. The molecule has 0 spiro atoms. The molecule has 0 aliphatic carbocycles. The number of carbonyl (C=O) groups is 1. The SMILES string of the molecule is C[C@H]1CCO[C@H]1C(=O)Nc1cccc(-c2ncn(C)n2)c1. The molecule has 0 saturated carbocycles. The number of nitrogens with one attached hydrogen (secondary N) is 1. The van der Waals surface area contributed by atoms with Crippen LogP contribution in [0.2, 0.25) is 0 Å². The van der Waals surface area contributed by atoms with E-state index in [0.717, 1.165) is 17.7 Å². The summed E-state index contributed by atoms with van der Waals surface area (Å²) in [4.78, 5) is 16.4. The van der Waals surface area contributed by atoms with Crippen LogP contribution in [0.4, 0.5) is 5.69 Å². The number of nitrogens with zero attached hydrogens (tertiary/aromatic N) is 3. The van der Waals surface area contributed by atoms with Gasteiger partial charge in [-0.05, 0) is 24.5 Å². The molecule has 1 aromatic heterocycles. The number of rotatable bonds is 3. The number of aryl methyl sites for hydroxylation is 1. The molecule has 0 bridgehead atoms. The van der Waals surface area contributed by atoms with Gasteiger partial charge in [-0.3, -0.25) is 9.48 Å². The van der Waals surface area contributed by atoms with E-state index in [4.69, 9.17) is 4.74 Å². The van der Waals surface area contributed by atoms with Gasteiger partial charge in [0.15, 0.2) is 5.82 Å². The Balaban J connectivity index is 1.76. The molecule has 3 rings (SSSR count). The molecule has 6 nitrogen and oxygen atoms in total. The Hall–Kier alpha value is -2.21. The Kier molecular flexibility index (Phi) is 3.70. The summed E-state index contributed by atoms with van der Waals surface area (Å²) in [5.41, 5.74) is 1.60. The van der Waals surface area contributed by atoms with Crippen LogP contribution in [-0.4, -0.2) is 33.4 Å². The lowest BCUT2D eigenvalue weighted by atomic mass is 10.0. The third kappa shape index (κ3) is 2.95. The fourth-order valence-electron chi connectivity index (χ4n) is 2.45. The largest absolute Gasteiger partial charge is 0.368 e. The zero-order valence-corrected chi connectivity index (χ0v) is 12.1. The molecule has 110 valence electrons. The van der Waals surface area contributed by atoms with Crippen LogP contribution >= 0.6 is 0 Å². The highest BCUT2D eigenvalue weighted by molar-refractivity contribution is 5.95. The number of anilines is 1. The van der Waals surface area contributed by atoms with E-state index in [1.165, 1.54) is 0 Å². The second-order valence-electron chi connectivity index (χ2n) is 5.37. The van der Waals surface area contributed by atoms with Crippen LogP contribution in [0, 0.1) is 5.92 Å². The molecular formula is C15H18N4O2. The molecule has 1 aliphatic rings. The lowest BCUT2D eigenvalue weighted by Gasteiger charge is -2.14. The molecule has 1 N–H and O–H groups in total. The number of aromatic nitrogens is 3. The number of benzene rings is 1. The molecule has 1 aromatic carbocycles. The minimum Gasteiger partial charge on any atom is -0.368 e. The monoisotopic (exact) mass is 286 g/mol. The first-order valence-corrected chi connectivity index (χ1v) is 7.02. The molecule has 21 heavy (non-hydrogen) atoms. The van der Waals surface area contributed by atoms with Crippen LogP contribution in [0.3, 0.4) is 0 Å². The van der Waals surface area contributed by atoms with Gasteiger partial charge >= 0.3 is 0 Å². The number of carbonyl (C=O) groups excluding carboxylic acids is 1. The van der Waals surface area contributed by atoms with Crippen molar-refractivity contribution in [1.29, 1.82) is 0 Å². The highest BCUT2D eigenvalue weighted by Gasteiger charge is 2.30. The highest BCUT2D eigenvalue weighted by atomic mass is 16.5. The molecule has 2 heterocycles. The Morgan fingerprint density at radius 3 is 3.00 bits per heavy atom. The van der Waals surface area contributed by atoms with Crippen LogP contribution < -0.4 is 5.32 Å². The van der Waals surface area contributed by atoms with Gasteiger partial charge in [0.25, 0.3) is 5.91 Å². The fourth-order valence-corrected chi connectivity index (χ4v) is 2.45. The van der Waals surface area contributed by atoms with Crippen LogP contribution in [0.5, 0.6) is 0 Å². The molecule has 1 saturated heterocycles. The van der Waals surface area contributed by atoms with E-state index in [1.54, 1.807) is 11.0 Å². The van der Waals surface area contributed by atoms with E-state index < -0.39 is 0 Å². The number of hydrogen-bond donors (Lipinski definition) is 1. The Labute approximate surface area is 123 Å². The van der Waals surface area contributed by atoms with Crippen molar-refractivity contribution in [3.8, 4) is 11.4 Å². The molecule has 2 atom stereocenters. The van der Waals surface area contributed by atoms with E-state index in [-0.39, 0.29) is 17.9 Å². The second kappa shape index (κ2) is 5.65. The Morgan fingerprint density at radius 2 is 2.33 bits per heavy atom. The predicted octanol–water partition coefficient (Wildman–Crippen LogP) is 1.85. The van der Waals surface area contributed by atoms with Crippen molar-refractivity contribution in [2.24, 2.45) is 13.0 Å². The molecule has 1 aliphatic heterocycles. The molecule has 6 heteroatoms. The van der Waals surface area contributed by atoms with E-state index in [2.05, 4.69) is 15.4 Å². The minimum atomic E-state index is -0.360. The predicted molar refractivity (Wildman–Crippen MR) is 78.6 cm³/mol. The molecule has 0 radical (unpaired) electrons. The molecule has 1 fully saturated rings. The first kappa shape index (κ1) is 13.8. The van der Waals surface area contributed by atoms with Gasteiger partial charge in [-0.25, -0.2) is 4.98 Å². The van der Waals surface area contributed by atoms with Crippen molar-refractivity contribution in [2.45, 2.75) is 19.4 Å². The Bertz CT molecular complexity index is 653. The third-order valence-electron chi connectivity index (χ3n) is 3.63. The average Bonchev–Trinajstić information content (AvgIpc) is 3.08. The van der Waals surface area contributed by atoms with Crippen molar-refractivity contribution in [3.63, 3.8) is 0 Å². The van der Waals surface area contributed by atoms with Gasteiger partial charge in [-0.15, -0.1) is 0 Å². The van der Waals surface area contributed by atoms with Crippen molar-refractivity contribution >= 4 is 11.6 Å². The van der Waals surface area contributed by atoms with E-state index in [1.807, 2.05) is 38.2 Å². The smallest absolute Gasteiger partial charge is 0.253 e. The van der Waals surface area contributed by atoms with Gasteiger partial charge in [-0.1, -0.05) is 19.1 Å². The van der Waals surface area contributed by atoms with E-state index in [9.17, 15) is 4.79 Å². The molecule has 0 unspecified atom stereocenters. The van der Waals surface area contributed by atoms with Crippen molar-refractivity contribution < 1.29 is 9.53 Å². The topological polar surface area (TPSA) is 69.0 Å². The zero-order chi connectivity index (χ0) is 14.8. The molecule has 2 aromatic rings. The summed E-state index contributed by atoms with van der Waals surface area (Å²) in [7, 11) is 1.82. The zero-order valence-electron chi connectivity index (χ0n) is 12.1. The van der Waals surface area contributed by atoms with Crippen LogP contribution in [0.15, 0.2) is 30.6 Å². The lowest BCUT2D eigenvalue weighted by molar-refractivity contribution is -0.126. The summed E-state index contributed by atoms with van der Waals surface area (Å²) in [5.74, 6) is 0.802. The van der Waals surface area contributed by atoms with Gasteiger partial charge in [0, 0.05) is 24.9 Å². The van der Waals surface area contributed by atoms with Gasteiger partial charge in [0.2, 0.25) is 0 Å². The van der Waals surface area contributed by atoms with Crippen LogP contribution in [0.25, 0.3) is 11.4 Å². The average molecular weight is 286 g/mol.